The summed E-state index contributed by atoms with van der Waals surface area (Å²) < 4.78 is 5.18. The summed E-state index contributed by atoms with van der Waals surface area (Å²) in [6.45, 7) is 0.883. The molecule has 26 heavy (non-hydrogen) atoms. The third-order valence-corrected chi connectivity index (χ3v) is 5.96. The summed E-state index contributed by atoms with van der Waals surface area (Å²) >= 11 is 3.09. The molecule has 0 saturated carbocycles. The average Bonchev–Trinajstić information content (AvgIpc) is 3.37. The molecule has 0 spiro atoms. The van der Waals surface area contributed by atoms with Gasteiger partial charge in [0.05, 0.1) is 29.8 Å². The van der Waals surface area contributed by atoms with E-state index in [1.54, 1.807) is 18.4 Å². The minimum Gasteiger partial charge on any atom is -0.510 e. The number of thiophene rings is 1. The summed E-state index contributed by atoms with van der Waals surface area (Å²) in [4.78, 5) is 7.56. The van der Waals surface area contributed by atoms with Gasteiger partial charge in [-0.2, -0.15) is 0 Å². The Morgan fingerprint density at radius 1 is 1.23 bits per heavy atom. The van der Waals surface area contributed by atoms with Crippen molar-refractivity contribution in [1.29, 1.82) is 5.41 Å². The summed E-state index contributed by atoms with van der Waals surface area (Å²) in [5.41, 5.74) is 2.48. The van der Waals surface area contributed by atoms with E-state index in [2.05, 4.69) is 4.98 Å². The summed E-state index contributed by atoms with van der Waals surface area (Å²) in [6, 6.07) is 11.8. The first-order valence-corrected chi connectivity index (χ1v) is 9.80. The molecular weight excluding hydrogens is 366 g/mol. The zero-order valence-corrected chi connectivity index (χ0v) is 15.7. The first-order chi connectivity index (χ1) is 12.7. The van der Waals surface area contributed by atoms with Gasteiger partial charge < -0.3 is 14.7 Å². The Morgan fingerprint density at radius 2 is 2.04 bits per heavy atom. The van der Waals surface area contributed by atoms with Crippen LogP contribution in [0.15, 0.2) is 52.9 Å². The lowest BCUT2D eigenvalue weighted by Crippen LogP contribution is -2.26. The molecule has 0 fully saturated rings. The largest absolute Gasteiger partial charge is 0.510 e. The van der Waals surface area contributed by atoms with E-state index < -0.39 is 0 Å². The predicted molar refractivity (Wildman–Crippen MR) is 106 cm³/mol. The number of methoxy groups -OCH3 is 1. The molecule has 0 atom stereocenters. The van der Waals surface area contributed by atoms with E-state index in [4.69, 9.17) is 10.1 Å². The molecule has 0 saturated heterocycles. The fourth-order valence-corrected chi connectivity index (χ4v) is 4.52. The maximum absolute atomic E-state index is 10.4. The van der Waals surface area contributed by atoms with Gasteiger partial charge in [0.25, 0.3) is 0 Å². The van der Waals surface area contributed by atoms with E-state index in [1.165, 1.54) is 11.3 Å². The van der Waals surface area contributed by atoms with Crippen LogP contribution in [0.4, 0.5) is 0 Å². The third kappa shape index (κ3) is 3.11. The van der Waals surface area contributed by atoms with Crippen molar-refractivity contribution in [3.8, 4) is 16.3 Å². The average molecular weight is 383 g/mol. The van der Waals surface area contributed by atoms with Crippen LogP contribution in [0.5, 0.6) is 5.75 Å². The molecule has 1 aliphatic heterocycles. The van der Waals surface area contributed by atoms with E-state index in [1.807, 2.05) is 52.1 Å². The Labute approximate surface area is 159 Å². The highest BCUT2D eigenvalue weighted by Gasteiger charge is 2.30. The standard InChI is InChI=1S/C19H17N3O2S2/c1-24-13-6-4-12(5-7-13)9-22-10-15(23)17(18(22)20)19-21-14(11-26-19)16-3-2-8-25-16/h2-8,11,20,23H,9-10H2,1H3. The van der Waals surface area contributed by atoms with Crippen LogP contribution in [0.1, 0.15) is 10.6 Å². The Morgan fingerprint density at radius 3 is 2.73 bits per heavy atom. The van der Waals surface area contributed by atoms with E-state index in [0.29, 0.717) is 29.5 Å². The van der Waals surface area contributed by atoms with E-state index in [0.717, 1.165) is 21.9 Å². The molecule has 2 N–H and O–H groups in total. The van der Waals surface area contributed by atoms with Crippen molar-refractivity contribution in [3.05, 3.63) is 63.5 Å². The van der Waals surface area contributed by atoms with Crippen LogP contribution in [0.25, 0.3) is 16.1 Å². The van der Waals surface area contributed by atoms with Crippen LogP contribution in [0.3, 0.4) is 0 Å². The van der Waals surface area contributed by atoms with Gasteiger partial charge in [0.2, 0.25) is 0 Å². The normalized spacial score (nSPS) is 14.3. The van der Waals surface area contributed by atoms with Crippen LogP contribution in [-0.2, 0) is 6.54 Å². The smallest absolute Gasteiger partial charge is 0.135 e. The van der Waals surface area contributed by atoms with Crippen molar-refractivity contribution in [2.24, 2.45) is 0 Å². The van der Waals surface area contributed by atoms with Crippen molar-refractivity contribution >= 4 is 34.1 Å². The molecule has 5 nitrogen and oxygen atoms in total. The number of ether oxygens (including phenoxy) is 1. The number of aliphatic hydroxyl groups excluding tert-OH is 1. The number of nitrogens with zero attached hydrogens (tertiary/aromatic N) is 2. The van der Waals surface area contributed by atoms with Gasteiger partial charge in [-0.1, -0.05) is 18.2 Å². The topological polar surface area (TPSA) is 69.4 Å². The molecule has 3 heterocycles. The molecule has 1 aliphatic rings. The molecule has 4 rings (SSSR count). The quantitative estimate of drug-likeness (QED) is 0.673. The van der Waals surface area contributed by atoms with Crippen molar-refractivity contribution < 1.29 is 9.84 Å². The first kappa shape index (κ1) is 16.8. The van der Waals surface area contributed by atoms with Crippen LogP contribution < -0.4 is 4.74 Å². The highest BCUT2D eigenvalue weighted by molar-refractivity contribution is 7.14. The number of hydrogen-bond acceptors (Lipinski definition) is 6. The second-order valence-corrected chi connectivity index (χ2v) is 7.70. The fraction of sp³-hybridized carbons (Fsp3) is 0.158. The molecule has 1 aromatic carbocycles. The molecule has 132 valence electrons. The predicted octanol–water partition coefficient (Wildman–Crippen LogP) is 4.64. The molecule has 0 radical (unpaired) electrons. The second-order valence-electron chi connectivity index (χ2n) is 5.89. The Balaban J connectivity index is 1.53. The van der Waals surface area contributed by atoms with Gasteiger partial charge in [-0.3, -0.25) is 5.41 Å². The SMILES string of the molecule is COc1ccc(CN2CC(O)=C(c3nc(-c4cccs4)cs3)C2=N)cc1. The lowest BCUT2D eigenvalue weighted by Gasteiger charge is -2.18. The van der Waals surface area contributed by atoms with Crippen LogP contribution in [-0.4, -0.2) is 34.5 Å². The molecule has 0 aliphatic carbocycles. The maximum Gasteiger partial charge on any atom is 0.135 e. The third-order valence-electron chi connectivity index (χ3n) is 4.21. The fourth-order valence-electron chi connectivity index (χ4n) is 2.87. The monoisotopic (exact) mass is 383 g/mol. The second kappa shape index (κ2) is 6.93. The minimum absolute atomic E-state index is 0.204. The first-order valence-electron chi connectivity index (χ1n) is 8.04. The lowest BCUT2D eigenvalue weighted by atomic mass is 10.2. The number of benzene rings is 1. The summed E-state index contributed by atoms with van der Waals surface area (Å²) in [5.74, 6) is 1.32. The van der Waals surface area contributed by atoms with Crippen molar-refractivity contribution in [2.45, 2.75) is 6.54 Å². The molecule has 0 bridgehead atoms. The lowest BCUT2D eigenvalue weighted by molar-refractivity contribution is 0.346. The molecular formula is C19H17N3O2S2. The van der Waals surface area contributed by atoms with E-state index in [9.17, 15) is 5.11 Å². The summed E-state index contributed by atoms with van der Waals surface area (Å²) in [6.07, 6.45) is 0. The Hall–Kier alpha value is -2.64. The zero-order chi connectivity index (χ0) is 18.1. The van der Waals surface area contributed by atoms with Gasteiger partial charge in [-0.05, 0) is 29.1 Å². The van der Waals surface area contributed by atoms with Gasteiger partial charge in [0.1, 0.15) is 22.4 Å². The van der Waals surface area contributed by atoms with Gasteiger partial charge in [0.15, 0.2) is 0 Å². The Kier molecular flexibility index (Phi) is 4.48. The number of hydrogen-bond donors (Lipinski definition) is 2. The number of amidine groups is 1. The van der Waals surface area contributed by atoms with Crippen LogP contribution in [0.2, 0.25) is 0 Å². The minimum atomic E-state index is 0.204. The number of rotatable bonds is 5. The van der Waals surface area contributed by atoms with Crippen LogP contribution in [0, 0.1) is 5.41 Å². The van der Waals surface area contributed by atoms with E-state index >= 15 is 0 Å². The molecule has 0 unspecified atom stereocenters. The number of aliphatic hydroxyl groups is 1. The molecule has 2 aromatic heterocycles. The Bertz CT molecular complexity index is 959. The van der Waals surface area contributed by atoms with Gasteiger partial charge in [-0.15, -0.1) is 22.7 Å². The van der Waals surface area contributed by atoms with Gasteiger partial charge in [-0.25, -0.2) is 4.98 Å². The van der Waals surface area contributed by atoms with Crippen molar-refractivity contribution in [2.75, 3.05) is 13.7 Å². The number of thiazole rings is 1. The maximum atomic E-state index is 10.4. The summed E-state index contributed by atoms with van der Waals surface area (Å²) in [5, 5.41) is 23.6. The van der Waals surface area contributed by atoms with Crippen molar-refractivity contribution in [1.82, 2.24) is 9.88 Å². The summed E-state index contributed by atoms with van der Waals surface area (Å²) in [7, 11) is 1.64. The highest BCUT2D eigenvalue weighted by atomic mass is 32.1. The van der Waals surface area contributed by atoms with E-state index in [-0.39, 0.29) is 5.76 Å². The molecule has 7 heteroatoms. The van der Waals surface area contributed by atoms with Crippen LogP contribution >= 0.6 is 22.7 Å². The molecule has 3 aromatic rings. The van der Waals surface area contributed by atoms with Gasteiger partial charge >= 0.3 is 0 Å². The molecule has 0 amide bonds. The number of nitrogens with one attached hydrogen (secondary N) is 1. The zero-order valence-electron chi connectivity index (χ0n) is 14.1. The highest BCUT2D eigenvalue weighted by Crippen LogP contribution is 2.34. The van der Waals surface area contributed by atoms with Gasteiger partial charge in [0, 0.05) is 11.9 Å². The number of aromatic nitrogens is 1. The van der Waals surface area contributed by atoms with Crippen molar-refractivity contribution in [3.63, 3.8) is 0 Å².